The van der Waals surface area contributed by atoms with E-state index in [9.17, 15) is 35.1 Å². The molecular weight excluding hydrogens is 1320 g/mol. The number of hydrogen-bond donors (Lipinski definition) is 10. The molecule has 0 unspecified atom stereocenters. The average molecular weight is 1370 g/mol. The lowest BCUT2D eigenvalue weighted by Crippen LogP contribution is -1.82. The van der Waals surface area contributed by atoms with Crippen molar-refractivity contribution in [3.63, 3.8) is 0 Å². The maximum atomic E-state index is 12.8. The highest BCUT2D eigenvalue weighted by Crippen LogP contribution is 2.23. The summed E-state index contributed by atoms with van der Waals surface area (Å²) in [5.74, 6) is -3.97. The Kier molecular flexibility index (Phi) is 21.2. The SMILES string of the molecule is Brc1ccc2[nH]ccc2c1.Brc1ccc2cc[nH]c2c1.Fc1cc2cc[nH]c2cc1F.Fc1ccc2[nH]ccc2c1.Fc1ccc2[nH]ccc2c1F.Fc1ccc2cc[nH]c2c1.Fc1cccc2[nH]ccc12.Fc1cccc2cc[nH]c12.Nc1cccc2[nH]ccc12. The molecule has 0 fully saturated rings. The van der Waals surface area contributed by atoms with Crippen LogP contribution in [0.3, 0.4) is 0 Å². The Bertz CT molecular complexity index is 4840. The first-order valence-electron chi connectivity index (χ1n) is 28.1. The summed E-state index contributed by atoms with van der Waals surface area (Å²) >= 11 is 6.80. The number of aromatic amines is 9. The van der Waals surface area contributed by atoms with Crippen LogP contribution in [0.15, 0.2) is 271 Å². The highest BCUT2D eigenvalue weighted by molar-refractivity contribution is 9.10. The van der Waals surface area contributed by atoms with Crippen molar-refractivity contribution < 1.29 is 35.1 Å². The number of rotatable bonds is 0. The van der Waals surface area contributed by atoms with Crippen LogP contribution >= 0.6 is 31.9 Å². The molecule has 0 saturated carbocycles. The van der Waals surface area contributed by atoms with Crippen molar-refractivity contribution in [3.8, 4) is 0 Å². The van der Waals surface area contributed by atoms with Gasteiger partial charge in [0, 0.05) is 158 Å². The average Bonchev–Trinajstić information content (AvgIpc) is 2.42. The molecule has 10 nitrogen and oxygen atoms in total. The van der Waals surface area contributed by atoms with Crippen LogP contribution in [-0.4, -0.2) is 44.9 Å². The van der Waals surface area contributed by atoms with Crippen LogP contribution in [0, 0.1) is 46.5 Å². The monoisotopic (exact) mass is 1370 g/mol. The van der Waals surface area contributed by atoms with Crippen molar-refractivity contribution in [3.05, 3.63) is 318 Å². The molecule has 0 spiro atoms. The van der Waals surface area contributed by atoms with Crippen molar-refractivity contribution in [1.82, 2.24) is 44.9 Å². The van der Waals surface area contributed by atoms with Gasteiger partial charge in [0.2, 0.25) is 0 Å². The Morgan fingerprint density at radius 3 is 1.34 bits per heavy atom. The fraction of sp³-hybridized carbons (Fsp3) is 0. The van der Waals surface area contributed by atoms with E-state index in [2.05, 4.69) is 113 Å². The van der Waals surface area contributed by atoms with Gasteiger partial charge in [0.05, 0.1) is 5.52 Å². The summed E-state index contributed by atoms with van der Waals surface area (Å²) < 4.78 is 103. The normalized spacial score (nSPS) is 10.5. The van der Waals surface area contributed by atoms with Gasteiger partial charge >= 0.3 is 0 Å². The van der Waals surface area contributed by atoms with E-state index in [0.29, 0.717) is 32.7 Å². The summed E-state index contributed by atoms with van der Waals surface area (Å²) in [5, 5.41) is 8.11. The highest BCUT2D eigenvalue weighted by Gasteiger charge is 2.07. The van der Waals surface area contributed by atoms with Gasteiger partial charge in [-0.3, -0.25) is 0 Å². The van der Waals surface area contributed by atoms with E-state index in [1.165, 1.54) is 76.4 Å². The number of nitrogens with one attached hydrogen (secondary N) is 9. The summed E-state index contributed by atoms with van der Waals surface area (Å²) in [6.45, 7) is 0. The molecule has 20 heteroatoms. The molecule has 9 heterocycles. The van der Waals surface area contributed by atoms with Crippen molar-refractivity contribution in [1.29, 1.82) is 0 Å². The van der Waals surface area contributed by atoms with Gasteiger partial charge in [0.25, 0.3) is 0 Å². The first-order valence-corrected chi connectivity index (χ1v) is 29.7. The molecule has 0 aliphatic heterocycles. The largest absolute Gasteiger partial charge is 0.398 e. The lowest BCUT2D eigenvalue weighted by molar-refractivity contribution is 0.511. The first-order chi connectivity index (χ1) is 44.6. The minimum absolute atomic E-state index is 0.168. The molecule has 0 saturated heterocycles. The van der Waals surface area contributed by atoms with Gasteiger partial charge in [-0.2, -0.15) is 0 Å². The number of aromatic nitrogens is 9. The fourth-order valence-corrected chi connectivity index (χ4v) is 10.1. The molecule has 0 aliphatic carbocycles. The van der Waals surface area contributed by atoms with Crippen LogP contribution < -0.4 is 5.73 Å². The second-order valence-electron chi connectivity index (χ2n) is 20.1. The third kappa shape index (κ3) is 16.6. The van der Waals surface area contributed by atoms with Crippen LogP contribution in [0.2, 0.25) is 0 Å². The number of nitrogens with two attached hydrogens (primary N) is 1. The Hall–Kier alpha value is -11.0. The van der Waals surface area contributed by atoms with Crippen LogP contribution in [0.5, 0.6) is 0 Å². The number of nitrogen functional groups attached to an aromatic ring is 1. The zero-order valence-corrected chi connectivity index (χ0v) is 51.4. The summed E-state index contributed by atoms with van der Waals surface area (Å²) in [5.41, 5.74) is 14.5. The third-order valence-corrected chi connectivity index (χ3v) is 15.0. The third-order valence-electron chi connectivity index (χ3n) is 14.0. The van der Waals surface area contributed by atoms with Gasteiger partial charge in [-0.1, -0.05) is 62.2 Å². The van der Waals surface area contributed by atoms with Gasteiger partial charge in [-0.15, -0.1) is 0 Å². The van der Waals surface area contributed by atoms with Gasteiger partial charge in [0.1, 0.15) is 23.3 Å². The molecule has 9 aromatic carbocycles. The summed E-state index contributed by atoms with van der Waals surface area (Å²) in [7, 11) is 0. The second-order valence-corrected chi connectivity index (χ2v) is 21.9. The molecule has 0 aliphatic rings. The predicted octanol–water partition coefficient (Wildman–Crippen LogP) is 21.7. The van der Waals surface area contributed by atoms with E-state index in [-0.39, 0.29) is 23.3 Å². The minimum Gasteiger partial charge on any atom is -0.398 e. The van der Waals surface area contributed by atoms with Crippen molar-refractivity contribution in [2.45, 2.75) is 0 Å². The van der Waals surface area contributed by atoms with Crippen LogP contribution in [0.4, 0.5) is 40.8 Å². The number of benzene rings is 9. The minimum atomic E-state index is -0.819. The molecule has 0 atom stereocenters. The highest BCUT2D eigenvalue weighted by atomic mass is 79.9. The van der Waals surface area contributed by atoms with Gasteiger partial charge < -0.3 is 50.6 Å². The zero-order chi connectivity index (χ0) is 64.5. The molecule has 462 valence electrons. The zero-order valence-electron chi connectivity index (χ0n) is 48.2. The van der Waals surface area contributed by atoms with Crippen molar-refractivity contribution in [2.24, 2.45) is 0 Å². The number of fused-ring (bicyclic) bond motifs is 9. The lowest BCUT2D eigenvalue weighted by atomic mass is 10.2. The number of H-pyrrole nitrogens is 9. The van der Waals surface area contributed by atoms with E-state index < -0.39 is 23.3 Å². The molecule has 92 heavy (non-hydrogen) atoms. The second kappa shape index (κ2) is 30.5. The summed E-state index contributed by atoms with van der Waals surface area (Å²) in [6.07, 6.45) is 16.0. The van der Waals surface area contributed by atoms with Crippen LogP contribution in [-0.2, 0) is 0 Å². The Balaban J connectivity index is 0.000000113. The van der Waals surface area contributed by atoms with Gasteiger partial charge in [0.15, 0.2) is 23.3 Å². The van der Waals surface area contributed by atoms with E-state index in [1.54, 1.807) is 73.6 Å². The summed E-state index contributed by atoms with van der Waals surface area (Å²) in [4.78, 5) is 26.5. The maximum absolute atomic E-state index is 12.8. The smallest absolute Gasteiger partial charge is 0.168 e. The molecule has 18 aromatic rings. The summed E-state index contributed by atoms with van der Waals surface area (Å²) in [6, 6.07) is 59.1. The topological polar surface area (TPSA) is 168 Å². The fourth-order valence-electron chi connectivity index (χ4n) is 9.41. The van der Waals surface area contributed by atoms with Crippen molar-refractivity contribution >= 4 is 136 Å². The molecule has 0 amide bonds. The standard InChI is InChI=1S/2C8H6BrN.2C8H5F2N.4C8H6FN.C8H8N2/c9-7-1-2-8-6(5-7)3-4-10-8;9-7-2-1-6-3-4-10-8(6)5-7;9-6-3-5-1-2-11-8(5)4-7(6)10;9-6-1-2-7-5(8(6)10)3-4-11-7;9-7-1-2-8-6(5-7)3-4-10-8;9-7-2-1-6-3-4-10-8(6)5-7;9-7-2-1-3-8-6(7)4-5-10-8;9-7-3-1-2-6-4-5-10-8(6)7;9-7-2-1-3-8-6(7)4-5-10-8/h2*1-5,10H;2*1-4,11H;4*1-5,10H;1-5,10H,9H2. The molecular formula is C72H54Br2F8N10. The van der Waals surface area contributed by atoms with Crippen LogP contribution in [0.25, 0.3) is 98.1 Å². The number of para-hydroxylation sites is 1. The molecule has 0 bridgehead atoms. The van der Waals surface area contributed by atoms with Gasteiger partial charge in [-0.25, -0.2) is 35.1 Å². The number of halogens is 10. The van der Waals surface area contributed by atoms with E-state index >= 15 is 0 Å². The van der Waals surface area contributed by atoms with Gasteiger partial charge in [-0.05, 0) is 181 Å². The first kappa shape index (κ1) is 64.0. The molecule has 18 rings (SSSR count). The Labute approximate surface area is 535 Å². The van der Waals surface area contributed by atoms with E-state index in [0.717, 1.165) is 70.4 Å². The Morgan fingerprint density at radius 1 is 0.250 bits per heavy atom. The number of anilines is 1. The Morgan fingerprint density at radius 2 is 0.674 bits per heavy atom. The van der Waals surface area contributed by atoms with E-state index in [4.69, 9.17) is 5.73 Å². The molecule has 0 radical (unpaired) electrons. The molecule has 11 N–H and O–H groups in total. The number of hydrogen-bond acceptors (Lipinski definition) is 1. The lowest BCUT2D eigenvalue weighted by Gasteiger charge is -1.92. The van der Waals surface area contributed by atoms with E-state index in [1.807, 2.05) is 85.3 Å². The maximum Gasteiger partial charge on any atom is 0.168 e. The van der Waals surface area contributed by atoms with Crippen LogP contribution in [0.1, 0.15) is 0 Å². The quantitative estimate of drug-likeness (QED) is 0.0530. The predicted molar refractivity (Wildman–Crippen MR) is 364 cm³/mol. The molecule has 9 aromatic heterocycles. The van der Waals surface area contributed by atoms with Crippen molar-refractivity contribution in [2.75, 3.05) is 5.73 Å².